The van der Waals surface area contributed by atoms with Gasteiger partial charge in [0.2, 0.25) is 0 Å². The summed E-state index contributed by atoms with van der Waals surface area (Å²) in [5.74, 6) is 3.75. The molecule has 0 radical (unpaired) electrons. The van der Waals surface area contributed by atoms with Crippen LogP contribution in [0.3, 0.4) is 0 Å². The molecule has 1 N–H and O–H groups in total. The number of nitrogens with zero attached hydrogens (tertiary/aromatic N) is 4. The minimum absolute atomic E-state index is 0.0296. The van der Waals surface area contributed by atoms with Crippen LogP contribution in [0.4, 0.5) is 0 Å². The molecule has 4 saturated carbocycles. The van der Waals surface area contributed by atoms with E-state index in [1.165, 1.54) is 35.0 Å². The van der Waals surface area contributed by atoms with Crippen LogP contribution in [0.1, 0.15) is 78.6 Å². The van der Waals surface area contributed by atoms with E-state index in [4.69, 9.17) is 0 Å². The highest BCUT2D eigenvalue weighted by Gasteiger charge is 2.58. The molecular formula is C24H38N4O3. The molecule has 1 heterocycles. The van der Waals surface area contributed by atoms with Gasteiger partial charge in [0.1, 0.15) is 6.54 Å². The van der Waals surface area contributed by atoms with Crippen molar-refractivity contribution in [1.82, 2.24) is 19.8 Å². The first-order valence-electron chi connectivity index (χ1n) is 12.5. The number of carbonyl (C=O) groups is 1. The van der Waals surface area contributed by atoms with Crippen LogP contribution in [0.25, 0.3) is 0 Å². The quantitative estimate of drug-likeness (QED) is 0.793. The number of tetrazole rings is 1. The van der Waals surface area contributed by atoms with Crippen LogP contribution in [0.5, 0.6) is 0 Å². The fourth-order valence-electron chi connectivity index (χ4n) is 8.47. The van der Waals surface area contributed by atoms with Gasteiger partial charge in [0.15, 0.2) is 5.78 Å². The number of hydrogen-bond donors (Lipinski definition) is 1. The number of rotatable bonds is 4. The van der Waals surface area contributed by atoms with Crippen LogP contribution in [-0.2, 0) is 17.9 Å². The molecule has 172 valence electrons. The van der Waals surface area contributed by atoms with E-state index in [0.29, 0.717) is 18.4 Å². The number of Topliss-reactive ketones (excluding diaryl/α,β-unsaturated/α-hetero) is 1. The number of aliphatic hydroxyl groups is 1. The molecule has 1 unspecified atom stereocenters. The Balaban J connectivity index is 1.31. The van der Waals surface area contributed by atoms with Crippen molar-refractivity contribution in [3.8, 4) is 0 Å². The number of aryl methyl sites for hydroxylation is 1. The van der Waals surface area contributed by atoms with Gasteiger partial charge in [0.25, 0.3) is 0 Å². The van der Waals surface area contributed by atoms with Gasteiger partial charge in [-0.05, 0) is 117 Å². The Hall–Kier alpha value is -1.50. The normalized spacial score (nSPS) is 44.4. The Kier molecular flexibility index (Phi) is 5.19. The first-order valence-corrected chi connectivity index (χ1v) is 12.5. The van der Waals surface area contributed by atoms with Crippen LogP contribution < -0.4 is 5.69 Å². The second kappa shape index (κ2) is 7.53. The van der Waals surface area contributed by atoms with Crippen molar-refractivity contribution in [2.75, 3.05) is 0 Å². The van der Waals surface area contributed by atoms with Gasteiger partial charge in [-0.2, -0.15) is 9.36 Å². The Morgan fingerprint density at radius 1 is 1.00 bits per heavy atom. The number of fused-ring (bicyclic) bond motifs is 5. The van der Waals surface area contributed by atoms with E-state index in [1.54, 1.807) is 0 Å². The minimum atomic E-state index is -0.472. The lowest BCUT2D eigenvalue weighted by molar-refractivity contribution is -0.133. The van der Waals surface area contributed by atoms with Crippen LogP contribution in [0.2, 0.25) is 0 Å². The Labute approximate surface area is 184 Å². The summed E-state index contributed by atoms with van der Waals surface area (Å²) in [5, 5.41) is 18.4. The zero-order chi connectivity index (χ0) is 22.0. The highest BCUT2D eigenvalue weighted by atomic mass is 16.3. The van der Waals surface area contributed by atoms with E-state index in [2.05, 4.69) is 17.4 Å². The molecule has 5 rings (SSSR count). The SMILES string of the molecule is CCn1nnn(CC(=O)[C@H]2CCC3[C@@H]4CC[C@@H]5C[C@](C)(O)CC[C@@H]5[C@H]4CC[C@@]32C)c1=O. The molecule has 4 fully saturated rings. The predicted molar refractivity (Wildman–Crippen MR) is 116 cm³/mol. The zero-order valence-electron chi connectivity index (χ0n) is 19.3. The summed E-state index contributed by atoms with van der Waals surface area (Å²) in [7, 11) is 0. The highest BCUT2D eigenvalue weighted by molar-refractivity contribution is 5.82. The van der Waals surface area contributed by atoms with E-state index in [-0.39, 0.29) is 29.4 Å². The van der Waals surface area contributed by atoms with Crippen molar-refractivity contribution in [2.45, 2.75) is 97.2 Å². The van der Waals surface area contributed by atoms with Crippen molar-refractivity contribution in [1.29, 1.82) is 0 Å². The topological polar surface area (TPSA) is 90.0 Å². The fourth-order valence-corrected chi connectivity index (χ4v) is 8.47. The average molecular weight is 431 g/mol. The van der Waals surface area contributed by atoms with Gasteiger partial charge in [0.05, 0.1) is 5.60 Å². The van der Waals surface area contributed by atoms with Gasteiger partial charge < -0.3 is 5.11 Å². The van der Waals surface area contributed by atoms with Crippen molar-refractivity contribution in [3.05, 3.63) is 10.5 Å². The maximum absolute atomic E-state index is 13.3. The molecule has 0 aliphatic heterocycles. The molecule has 31 heavy (non-hydrogen) atoms. The van der Waals surface area contributed by atoms with E-state index in [9.17, 15) is 14.7 Å². The summed E-state index contributed by atoms with van der Waals surface area (Å²) in [6, 6.07) is 0. The lowest BCUT2D eigenvalue weighted by Gasteiger charge is -2.56. The number of aromatic nitrogens is 4. The van der Waals surface area contributed by atoms with E-state index in [0.717, 1.165) is 49.9 Å². The molecule has 1 aromatic heterocycles. The summed E-state index contributed by atoms with van der Waals surface area (Å²) in [4.78, 5) is 25.6. The molecular weight excluding hydrogens is 392 g/mol. The molecule has 0 aromatic carbocycles. The van der Waals surface area contributed by atoms with Crippen molar-refractivity contribution < 1.29 is 9.90 Å². The molecule has 0 saturated heterocycles. The Bertz CT molecular complexity index is 905. The van der Waals surface area contributed by atoms with E-state index >= 15 is 0 Å². The van der Waals surface area contributed by atoms with Crippen molar-refractivity contribution in [3.63, 3.8) is 0 Å². The molecule has 0 bridgehead atoms. The summed E-state index contributed by atoms with van der Waals surface area (Å²) in [5.41, 5.74) is -0.708. The molecule has 0 spiro atoms. The van der Waals surface area contributed by atoms with Crippen molar-refractivity contribution in [2.24, 2.45) is 40.9 Å². The largest absolute Gasteiger partial charge is 0.390 e. The lowest BCUT2D eigenvalue weighted by Crippen LogP contribution is -2.51. The van der Waals surface area contributed by atoms with Crippen LogP contribution >= 0.6 is 0 Å². The monoisotopic (exact) mass is 430 g/mol. The van der Waals surface area contributed by atoms with Gasteiger partial charge in [0, 0.05) is 12.5 Å². The van der Waals surface area contributed by atoms with E-state index in [1.807, 2.05) is 13.8 Å². The van der Waals surface area contributed by atoms with Crippen LogP contribution in [0.15, 0.2) is 4.79 Å². The molecule has 7 heteroatoms. The first kappa shape index (κ1) is 21.4. The van der Waals surface area contributed by atoms with Crippen LogP contribution in [-0.4, -0.2) is 36.3 Å². The maximum Gasteiger partial charge on any atom is 0.364 e. The summed E-state index contributed by atoms with van der Waals surface area (Å²) in [6.45, 7) is 6.75. The number of hydrogen-bond acceptors (Lipinski definition) is 5. The van der Waals surface area contributed by atoms with Gasteiger partial charge in [-0.15, -0.1) is 0 Å². The standard InChI is InChI=1S/C24H38N4O3/c1-4-27-22(30)28(26-25-27)14-21(29)20-8-7-19-18-6-5-15-13-23(2,31)11-9-16(15)17(18)10-12-24(19,20)3/h15-20,31H,4-14H2,1-3H3/t15-,16+,17-,18-,19?,20-,23-,24+/m1/s1. The van der Waals surface area contributed by atoms with E-state index < -0.39 is 5.60 Å². The zero-order valence-corrected chi connectivity index (χ0v) is 19.3. The molecule has 4 aliphatic rings. The third kappa shape index (κ3) is 3.42. The average Bonchev–Trinajstić information content (AvgIpc) is 3.26. The second-order valence-corrected chi connectivity index (χ2v) is 11.6. The van der Waals surface area contributed by atoms with Gasteiger partial charge in [-0.25, -0.2) is 4.79 Å². The molecule has 7 nitrogen and oxygen atoms in total. The molecule has 0 amide bonds. The molecule has 1 aromatic rings. The van der Waals surface area contributed by atoms with Gasteiger partial charge in [-0.3, -0.25) is 4.79 Å². The van der Waals surface area contributed by atoms with Gasteiger partial charge in [-0.1, -0.05) is 6.92 Å². The molecule has 4 aliphatic carbocycles. The third-order valence-corrected chi connectivity index (χ3v) is 9.93. The second-order valence-electron chi connectivity index (χ2n) is 11.6. The summed E-state index contributed by atoms with van der Waals surface area (Å²) in [6.07, 6.45) is 9.99. The smallest absolute Gasteiger partial charge is 0.364 e. The highest BCUT2D eigenvalue weighted by Crippen LogP contribution is 2.64. The minimum Gasteiger partial charge on any atom is -0.390 e. The number of ketones is 1. The number of carbonyl (C=O) groups excluding carboxylic acids is 1. The predicted octanol–water partition coefficient (Wildman–Crippen LogP) is 3.05. The molecule has 8 atom stereocenters. The van der Waals surface area contributed by atoms with Gasteiger partial charge >= 0.3 is 5.69 Å². The Morgan fingerprint density at radius 2 is 1.74 bits per heavy atom. The Morgan fingerprint density at radius 3 is 2.48 bits per heavy atom. The summed E-state index contributed by atoms with van der Waals surface area (Å²) < 4.78 is 2.55. The maximum atomic E-state index is 13.3. The van der Waals surface area contributed by atoms with Crippen molar-refractivity contribution >= 4 is 5.78 Å². The first-order chi connectivity index (χ1) is 14.7. The third-order valence-electron chi connectivity index (χ3n) is 9.93. The fraction of sp³-hybridized carbons (Fsp3) is 0.917. The lowest BCUT2D eigenvalue weighted by atomic mass is 9.49. The summed E-state index contributed by atoms with van der Waals surface area (Å²) >= 11 is 0. The van der Waals surface area contributed by atoms with Crippen LogP contribution in [0, 0.1) is 40.9 Å².